The van der Waals surface area contributed by atoms with E-state index in [0.717, 1.165) is 11.1 Å². The van der Waals surface area contributed by atoms with Gasteiger partial charge in [0.15, 0.2) is 12.3 Å². The standard InChI is InChI=1S/C16H12Cl3NO3/c1-8-3-4-10(9(2)5-8)12(21)7-23-16(22)15-14(19)13(18)11(17)6-20-15/h3-6H,7H2,1-2H3. The summed E-state index contributed by atoms with van der Waals surface area (Å²) in [6.07, 6.45) is 1.19. The molecule has 23 heavy (non-hydrogen) atoms. The van der Waals surface area contributed by atoms with E-state index in [1.165, 1.54) is 6.20 Å². The van der Waals surface area contributed by atoms with Gasteiger partial charge in [0.25, 0.3) is 0 Å². The fourth-order valence-corrected chi connectivity index (χ4v) is 2.55. The second kappa shape index (κ2) is 7.30. The van der Waals surface area contributed by atoms with E-state index in [2.05, 4.69) is 4.98 Å². The van der Waals surface area contributed by atoms with E-state index in [1.54, 1.807) is 6.07 Å². The Hall–Kier alpha value is -1.62. The molecule has 0 saturated carbocycles. The fraction of sp³-hybridized carbons (Fsp3) is 0.188. The zero-order valence-electron chi connectivity index (χ0n) is 12.3. The summed E-state index contributed by atoms with van der Waals surface area (Å²) >= 11 is 17.5. The summed E-state index contributed by atoms with van der Waals surface area (Å²) in [6.45, 7) is 3.33. The molecule has 4 nitrogen and oxygen atoms in total. The van der Waals surface area contributed by atoms with Gasteiger partial charge in [-0.05, 0) is 19.4 Å². The third kappa shape index (κ3) is 4.02. The number of benzene rings is 1. The molecule has 0 unspecified atom stereocenters. The van der Waals surface area contributed by atoms with E-state index in [-0.39, 0.29) is 26.5 Å². The van der Waals surface area contributed by atoms with Gasteiger partial charge in [-0.2, -0.15) is 0 Å². The molecule has 0 N–H and O–H groups in total. The maximum atomic E-state index is 12.1. The topological polar surface area (TPSA) is 56.3 Å². The number of Topliss-reactive ketones (excluding diaryl/α,β-unsaturated/α-hetero) is 1. The number of aryl methyl sites for hydroxylation is 2. The maximum absolute atomic E-state index is 12.1. The predicted molar refractivity (Wildman–Crippen MR) is 89.8 cm³/mol. The monoisotopic (exact) mass is 371 g/mol. The Morgan fingerprint density at radius 3 is 2.48 bits per heavy atom. The van der Waals surface area contributed by atoms with Crippen LogP contribution in [0, 0.1) is 13.8 Å². The molecule has 1 aromatic carbocycles. The molecule has 0 spiro atoms. The zero-order valence-corrected chi connectivity index (χ0v) is 14.6. The van der Waals surface area contributed by atoms with Crippen LogP contribution in [-0.2, 0) is 4.74 Å². The number of nitrogens with zero attached hydrogens (tertiary/aromatic N) is 1. The van der Waals surface area contributed by atoms with Gasteiger partial charge in [-0.1, -0.05) is 58.6 Å². The number of carbonyl (C=O) groups is 2. The minimum Gasteiger partial charge on any atom is -0.453 e. The van der Waals surface area contributed by atoms with Gasteiger partial charge in [0, 0.05) is 11.8 Å². The smallest absolute Gasteiger partial charge is 0.358 e. The van der Waals surface area contributed by atoms with E-state index in [4.69, 9.17) is 39.5 Å². The lowest BCUT2D eigenvalue weighted by molar-refractivity contribution is 0.0469. The Balaban J connectivity index is 2.10. The van der Waals surface area contributed by atoms with Crippen LogP contribution in [0.4, 0.5) is 0 Å². The molecule has 0 aliphatic carbocycles. The van der Waals surface area contributed by atoms with Crippen LogP contribution >= 0.6 is 34.8 Å². The Morgan fingerprint density at radius 1 is 1.13 bits per heavy atom. The summed E-state index contributed by atoms with van der Waals surface area (Å²) in [5, 5.41) is 0.0266. The number of carbonyl (C=O) groups excluding carboxylic acids is 2. The fourth-order valence-electron chi connectivity index (χ4n) is 1.99. The Labute approximate surface area is 148 Å². The summed E-state index contributed by atoms with van der Waals surface area (Å²) in [7, 11) is 0. The van der Waals surface area contributed by atoms with Crippen molar-refractivity contribution in [3.05, 3.63) is 61.8 Å². The van der Waals surface area contributed by atoms with Crippen LogP contribution in [0.15, 0.2) is 24.4 Å². The summed E-state index contributed by atoms with van der Waals surface area (Å²) in [5.41, 5.74) is 2.17. The minimum atomic E-state index is -0.841. The first kappa shape index (κ1) is 17.7. The third-order valence-corrected chi connectivity index (χ3v) is 4.37. The SMILES string of the molecule is Cc1ccc(C(=O)COC(=O)c2ncc(Cl)c(Cl)c2Cl)c(C)c1. The molecule has 0 bridgehead atoms. The lowest BCUT2D eigenvalue weighted by Crippen LogP contribution is -2.16. The first-order valence-corrected chi connectivity index (χ1v) is 7.71. The van der Waals surface area contributed by atoms with Crippen molar-refractivity contribution in [2.75, 3.05) is 6.61 Å². The van der Waals surface area contributed by atoms with E-state index >= 15 is 0 Å². The molecule has 1 heterocycles. The Bertz CT molecular complexity index is 790. The number of aromatic nitrogens is 1. The second-order valence-electron chi connectivity index (χ2n) is 4.90. The van der Waals surface area contributed by atoms with Crippen molar-refractivity contribution >= 4 is 46.6 Å². The molecule has 1 aromatic heterocycles. The van der Waals surface area contributed by atoms with Gasteiger partial charge in [0.2, 0.25) is 5.78 Å². The molecule has 0 fully saturated rings. The van der Waals surface area contributed by atoms with Crippen molar-refractivity contribution < 1.29 is 14.3 Å². The second-order valence-corrected chi connectivity index (χ2v) is 6.06. The number of esters is 1. The quantitative estimate of drug-likeness (QED) is 0.576. The number of pyridine rings is 1. The maximum Gasteiger partial charge on any atom is 0.358 e. The molecule has 0 amide bonds. The summed E-state index contributed by atoms with van der Waals surface area (Å²) in [6, 6.07) is 5.40. The Morgan fingerprint density at radius 2 is 1.83 bits per heavy atom. The van der Waals surface area contributed by atoms with Crippen LogP contribution < -0.4 is 0 Å². The highest BCUT2D eigenvalue weighted by atomic mass is 35.5. The highest BCUT2D eigenvalue weighted by Crippen LogP contribution is 2.31. The zero-order chi connectivity index (χ0) is 17.1. The van der Waals surface area contributed by atoms with Crippen LogP contribution in [0.2, 0.25) is 15.1 Å². The average molecular weight is 373 g/mol. The van der Waals surface area contributed by atoms with Crippen molar-refractivity contribution in [2.45, 2.75) is 13.8 Å². The summed E-state index contributed by atoms with van der Waals surface area (Å²) in [5.74, 6) is -1.15. The molecule has 0 aliphatic rings. The molecule has 7 heteroatoms. The lowest BCUT2D eigenvalue weighted by Gasteiger charge is -2.08. The number of hydrogen-bond acceptors (Lipinski definition) is 4. The third-order valence-electron chi connectivity index (χ3n) is 3.13. The first-order valence-electron chi connectivity index (χ1n) is 6.58. The van der Waals surface area contributed by atoms with Crippen LogP contribution in [-0.4, -0.2) is 23.3 Å². The van der Waals surface area contributed by atoms with Crippen LogP contribution in [0.1, 0.15) is 32.0 Å². The number of halogens is 3. The molecule has 2 rings (SSSR count). The molecule has 0 radical (unpaired) electrons. The lowest BCUT2D eigenvalue weighted by atomic mass is 10.0. The number of ketones is 1. The Kier molecular flexibility index (Phi) is 5.63. The largest absolute Gasteiger partial charge is 0.453 e. The van der Waals surface area contributed by atoms with E-state index in [0.29, 0.717) is 5.56 Å². The number of hydrogen-bond donors (Lipinski definition) is 0. The van der Waals surface area contributed by atoms with Crippen LogP contribution in [0.5, 0.6) is 0 Å². The van der Waals surface area contributed by atoms with Crippen LogP contribution in [0.3, 0.4) is 0 Å². The van der Waals surface area contributed by atoms with Crippen molar-refractivity contribution in [2.24, 2.45) is 0 Å². The molecular formula is C16H12Cl3NO3. The van der Waals surface area contributed by atoms with Gasteiger partial charge < -0.3 is 4.74 Å². The molecule has 2 aromatic rings. The van der Waals surface area contributed by atoms with Crippen molar-refractivity contribution in [1.82, 2.24) is 4.98 Å². The van der Waals surface area contributed by atoms with E-state index < -0.39 is 12.6 Å². The minimum absolute atomic E-state index is 0.0102. The first-order chi connectivity index (χ1) is 10.8. The molecule has 0 atom stereocenters. The summed E-state index contributed by atoms with van der Waals surface area (Å²) in [4.78, 5) is 27.9. The number of ether oxygens (including phenoxy) is 1. The van der Waals surface area contributed by atoms with Gasteiger partial charge in [-0.15, -0.1) is 0 Å². The van der Waals surface area contributed by atoms with Gasteiger partial charge in [-0.25, -0.2) is 9.78 Å². The highest BCUT2D eigenvalue weighted by Gasteiger charge is 2.20. The highest BCUT2D eigenvalue weighted by molar-refractivity contribution is 6.48. The molecular weight excluding hydrogens is 361 g/mol. The van der Waals surface area contributed by atoms with Crippen molar-refractivity contribution in [1.29, 1.82) is 0 Å². The molecule has 0 saturated heterocycles. The predicted octanol–water partition coefficient (Wildman–Crippen LogP) is 4.70. The molecule has 0 aliphatic heterocycles. The van der Waals surface area contributed by atoms with Gasteiger partial charge in [0.1, 0.15) is 0 Å². The van der Waals surface area contributed by atoms with E-state index in [1.807, 2.05) is 26.0 Å². The number of rotatable bonds is 4. The normalized spacial score (nSPS) is 10.5. The average Bonchev–Trinajstić information content (AvgIpc) is 2.50. The van der Waals surface area contributed by atoms with Crippen LogP contribution in [0.25, 0.3) is 0 Å². The van der Waals surface area contributed by atoms with Gasteiger partial charge in [0.05, 0.1) is 15.1 Å². The van der Waals surface area contributed by atoms with Gasteiger partial charge >= 0.3 is 5.97 Å². The van der Waals surface area contributed by atoms with Gasteiger partial charge in [-0.3, -0.25) is 4.79 Å². The van der Waals surface area contributed by atoms with Crippen molar-refractivity contribution in [3.8, 4) is 0 Å². The van der Waals surface area contributed by atoms with E-state index in [9.17, 15) is 9.59 Å². The summed E-state index contributed by atoms with van der Waals surface area (Å²) < 4.78 is 4.97. The molecule has 120 valence electrons. The van der Waals surface area contributed by atoms with Crippen molar-refractivity contribution in [3.63, 3.8) is 0 Å².